The van der Waals surface area contributed by atoms with Crippen LogP contribution >= 0.6 is 27.7 Å². The molecule has 3 aromatic rings. The zero-order valence-electron chi connectivity index (χ0n) is 11.8. The standard InChI is InChI=1S/C15H13BrN4OS/c1-9-2-4-11(5-3-9)18-13(21)8-22-15-19-12-6-10(16)7-17-14(12)20-15/h2-7H,8H2,1H3,(H,18,21)(H,17,19,20). The minimum absolute atomic E-state index is 0.0663. The number of nitrogens with one attached hydrogen (secondary N) is 2. The second kappa shape index (κ2) is 6.50. The number of carbonyl (C=O) groups is 1. The fraction of sp³-hybridized carbons (Fsp3) is 0.133. The van der Waals surface area contributed by atoms with Crippen LogP contribution < -0.4 is 5.32 Å². The van der Waals surface area contributed by atoms with Crippen LogP contribution in [0.3, 0.4) is 0 Å². The van der Waals surface area contributed by atoms with Crippen LogP contribution in [0, 0.1) is 6.92 Å². The number of H-pyrrole nitrogens is 1. The highest BCUT2D eigenvalue weighted by molar-refractivity contribution is 9.10. The lowest BCUT2D eigenvalue weighted by Gasteiger charge is -2.04. The molecular weight excluding hydrogens is 364 g/mol. The van der Waals surface area contributed by atoms with E-state index in [2.05, 4.69) is 36.2 Å². The monoisotopic (exact) mass is 376 g/mol. The van der Waals surface area contributed by atoms with E-state index < -0.39 is 0 Å². The third-order valence-electron chi connectivity index (χ3n) is 2.96. The normalized spacial score (nSPS) is 10.8. The number of fused-ring (bicyclic) bond motifs is 1. The molecule has 0 aliphatic carbocycles. The summed E-state index contributed by atoms with van der Waals surface area (Å²) in [6.07, 6.45) is 1.70. The molecule has 2 aromatic heterocycles. The van der Waals surface area contributed by atoms with Crippen molar-refractivity contribution in [1.29, 1.82) is 0 Å². The van der Waals surface area contributed by atoms with Crippen molar-refractivity contribution in [3.8, 4) is 0 Å². The fourth-order valence-electron chi connectivity index (χ4n) is 1.89. The van der Waals surface area contributed by atoms with E-state index >= 15 is 0 Å². The zero-order chi connectivity index (χ0) is 15.5. The summed E-state index contributed by atoms with van der Waals surface area (Å²) in [5.74, 6) is 0.220. The summed E-state index contributed by atoms with van der Waals surface area (Å²) in [6.45, 7) is 2.01. The van der Waals surface area contributed by atoms with Gasteiger partial charge in [-0.15, -0.1) is 0 Å². The molecule has 0 aliphatic rings. The molecule has 7 heteroatoms. The van der Waals surface area contributed by atoms with E-state index in [1.807, 2.05) is 37.3 Å². The number of aryl methyl sites for hydroxylation is 1. The molecule has 22 heavy (non-hydrogen) atoms. The number of benzene rings is 1. The van der Waals surface area contributed by atoms with Crippen LogP contribution in [-0.2, 0) is 4.79 Å². The van der Waals surface area contributed by atoms with E-state index in [9.17, 15) is 4.79 Å². The van der Waals surface area contributed by atoms with E-state index in [4.69, 9.17) is 0 Å². The lowest BCUT2D eigenvalue weighted by atomic mass is 10.2. The Morgan fingerprint density at radius 2 is 2.14 bits per heavy atom. The molecule has 0 saturated carbocycles. The van der Waals surface area contributed by atoms with Crippen molar-refractivity contribution in [3.63, 3.8) is 0 Å². The summed E-state index contributed by atoms with van der Waals surface area (Å²) in [5.41, 5.74) is 3.44. The number of pyridine rings is 1. The van der Waals surface area contributed by atoms with Crippen LogP contribution in [0.15, 0.2) is 46.2 Å². The summed E-state index contributed by atoms with van der Waals surface area (Å²) in [6, 6.07) is 9.61. The maximum atomic E-state index is 11.9. The molecule has 0 saturated heterocycles. The highest BCUT2D eigenvalue weighted by atomic mass is 79.9. The maximum Gasteiger partial charge on any atom is 0.234 e. The summed E-state index contributed by atoms with van der Waals surface area (Å²) in [7, 11) is 0. The van der Waals surface area contributed by atoms with Gasteiger partial charge >= 0.3 is 0 Å². The number of rotatable bonds is 4. The number of amides is 1. The average Bonchev–Trinajstić information content (AvgIpc) is 2.89. The molecule has 1 aromatic carbocycles. The summed E-state index contributed by atoms with van der Waals surface area (Å²) >= 11 is 4.71. The predicted octanol–water partition coefficient (Wildman–Crippen LogP) is 3.76. The molecule has 0 aliphatic heterocycles. The molecule has 0 spiro atoms. The van der Waals surface area contributed by atoms with Gasteiger partial charge < -0.3 is 10.3 Å². The largest absolute Gasteiger partial charge is 0.331 e. The van der Waals surface area contributed by atoms with Gasteiger partial charge in [-0.25, -0.2) is 9.97 Å². The van der Waals surface area contributed by atoms with Crippen LogP contribution in [0.5, 0.6) is 0 Å². The van der Waals surface area contributed by atoms with Crippen LogP contribution in [0.2, 0.25) is 0 Å². The number of aromatic nitrogens is 3. The second-order valence-electron chi connectivity index (χ2n) is 4.77. The minimum Gasteiger partial charge on any atom is -0.331 e. The smallest absolute Gasteiger partial charge is 0.234 e. The lowest BCUT2D eigenvalue weighted by Crippen LogP contribution is -2.14. The molecule has 2 N–H and O–H groups in total. The topological polar surface area (TPSA) is 70.7 Å². The average molecular weight is 377 g/mol. The number of thioether (sulfide) groups is 1. The number of anilines is 1. The first-order chi connectivity index (χ1) is 10.6. The van der Waals surface area contributed by atoms with E-state index in [1.54, 1.807) is 6.20 Å². The van der Waals surface area contributed by atoms with Crippen molar-refractivity contribution in [1.82, 2.24) is 15.0 Å². The predicted molar refractivity (Wildman–Crippen MR) is 92.1 cm³/mol. The summed E-state index contributed by atoms with van der Waals surface area (Å²) in [4.78, 5) is 23.6. The molecule has 5 nitrogen and oxygen atoms in total. The first-order valence-corrected chi connectivity index (χ1v) is 8.38. The molecule has 0 fully saturated rings. The Bertz CT molecular complexity index is 816. The SMILES string of the molecule is Cc1ccc(NC(=O)CSc2nc3ncc(Br)cc3[nH]2)cc1. The molecule has 0 unspecified atom stereocenters. The van der Waals surface area contributed by atoms with Crippen molar-refractivity contribution >= 4 is 50.5 Å². The molecular formula is C15H13BrN4OS. The summed E-state index contributed by atoms with van der Waals surface area (Å²) < 4.78 is 0.886. The third-order valence-corrected chi connectivity index (χ3v) is 4.26. The van der Waals surface area contributed by atoms with Gasteiger partial charge in [-0.3, -0.25) is 4.79 Å². The number of imidazole rings is 1. The maximum absolute atomic E-state index is 11.9. The molecule has 1 amide bonds. The van der Waals surface area contributed by atoms with Crippen molar-refractivity contribution in [2.45, 2.75) is 12.1 Å². The molecule has 112 valence electrons. The van der Waals surface area contributed by atoms with Crippen LogP contribution in [0.25, 0.3) is 11.2 Å². The molecule has 0 atom stereocenters. The summed E-state index contributed by atoms with van der Waals surface area (Å²) in [5, 5.41) is 3.54. The quantitative estimate of drug-likeness (QED) is 0.680. The van der Waals surface area contributed by atoms with Crippen LogP contribution in [-0.4, -0.2) is 26.6 Å². The van der Waals surface area contributed by atoms with Gasteiger partial charge in [-0.05, 0) is 41.1 Å². The molecule has 0 radical (unpaired) electrons. The van der Waals surface area contributed by atoms with Gasteiger partial charge in [0.2, 0.25) is 5.91 Å². The Hall–Kier alpha value is -1.86. The third kappa shape index (κ3) is 3.66. The highest BCUT2D eigenvalue weighted by Crippen LogP contribution is 2.21. The van der Waals surface area contributed by atoms with E-state index in [0.29, 0.717) is 10.8 Å². The van der Waals surface area contributed by atoms with Crippen molar-refractivity contribution in [2.75, 3.05) is 11.1 Å². The van der Waals surface area contributed by atoms with Crippen molar-refractivity contribution in [3.05, 3.63) is 46.6 Å². The van der Waals surface area contributed by atoms with E-state index in [1.165, 1.54) is 11.8 Å². The number of hydrogen-bond acceptors (Lipinski definition) is 4. The Morgan fingerprint density at radius 3 is 2.91 bits per heavy atom. The van der Waals surface area contributed by atoms with Gasteiger partial charge in [0.15, 0.2) is 10.8 Å². The van der Waals surface area contributed by atoms with E-state index in [-0.39, 0.29) is 11.7 Å². The fourth-order valence-corrected chi connectivity index (χ4v) is 2.89. The van der Waals surface area contributed by atoms with Crippen molar-refractivity contribution < 1.29 is 4.79 Å². The van der Waals surface area contributed by atoms with Crippen molar-refractivity contribution in [2.24, 2.45) is 0 Å². The number of halogens is 1. The number of aromatic amines is 1. The van der Waals surface area contributed by atoms with Gasteiger partial charge in [-0.2, -0.15) is 0 Å². The van der Waals surface area contributed by atoms with Gasteiger partial charge in [0, 0.05) is 16.4 Å². The Balaban J connectivity index is 1.61. The molecule has 3 rings (SSSR count). The number of nitrogens with zero attached hydrogens (tertiary/aromatic N) is 2. The molecule has 0 bridgehead atoms. The zero-order valence-corrected chi connectivity index (χ0v) is 14.2. The van der Waals surface area contributed by atoms with Gasteiger partial charge in [0.1, 0.15) is 0 Å². The highest BCUT2D eigenvalue weighted by Gasteiger charge is 2.08. The van der Waals surface area contributed by atoms with Gasteiger partial charge in [0.25, 0.3) is 0 Å². The first-order valence-electron chi connectivity index (χ1n) is 6.61. The van der Waals surface area contributed by atoms with Crippen LogP contribution in [0.1, 0.15) is 5.56 Å². The Kier molecular flexibility index (Phi) is 4.44. The van der Waals surface area contributed by atoms with Crippen LogP contribution in [0.4, 0.5) is 5.69 Å². The number of carbonyl (C=O) groups excluding carboxylic acids is 1. The second-order valence-corrected chi connectivity index (χ2v) is 6.65. The minimum atomic E-state index is -0.0663. The van der Waals surface area contributed by atoms with Gasteiger partial charge in [-0.1, -0.05) is 29.5 Å². The molecule has 2 heterocycles. The van der Waals surface area contributed by atoms with Gasteiger partial charge in [0.05, 0.1) is 11.3 Å². The Labute approximate surface area is 140 Å². The van der Waals surface area contributed by atoms with E-state index in [0.717, 1.165) is 21.2 Å². The number of hydrogen-bond donors (Lipinski definition) is 2. The first kappa shape index (κ1) is 15.1. The Morgan fingerprint density at radius 1 is 1.36 bits per heavy atom. The lowest BCUT2D eigenvalue weighted by molar-refractivity contribution is -0.113.